The molecule has 1 aromatic heterocycles. The maximum atomic E-state index is 13.4. The second kappa shape index (κ2) is 8.17. The van der Waals surface area contributed by atoms with Crippen molar-refractivity contribution in [2.24, 2.45) is 0 Å². The quantitative estimate of drug-likeness (QED) is 0.850. The lowest BCUT2D eigenvalue weighted by Crippen LogP contribution is -2.42. The number of hydrogen-bond acceptors (Lipinski definition) is 4. The van der Waals surface area contributed by atoms with Gasteiger partial charge in [-0.1, -0.05) is 37.5 Å². The zero-order valence-corrected chi connectivity index (χ0v) is 17.0. The molecule has 2 atom stereocenters. The number of H-pyrrole nitrogens is 1. The minimum Gasteiger partial charge on any atom is -0.493 e. The molecule has 1 aliphatic carbocycles. The van der Waals surface area contributed by atoms with Crippen LogP contribution in [0, 0.1) is 0 Å². The SMILES string of the molecule is O=C(C1CCOc2ccccc21)N1CCCC(c2n[nH]c(C3CCCCC3)n2)C1. The fraction of sp³-hybridized carbons (Fsp3) is 0.609. The Labute approximate surface area is 172 Å². The minimum atomic E-state index is -0.0938. The normalized spacial score (nSPS) is 25.3. The van der Waals surface area contributed by atoms with E-state index in [0.717, 1.165) is 55.3 Å². The molecule has 6 heteroatoms. The summed E-state index contributed by atoms with van der Waals surface area (Å²) in [5, 5.41) is 7.78. The predicted molar refractivity (Wildman–Crippen MR) is 110 cm³/mol. The highest BCUT2D eigenvalue weighted by Crippen LogP contribution is 2.36. The van der Waals surface area contributed by atoms with Crippen molar-refractivity contribution in [2.45, 2.75) is 69.1 Å². The number of likely N-dealkylation sites (tertiary alicyclic amines) is 1. The van der Waals surface area contributed by atoms with Gasteiger partial charge in [-0.2, -0.15) is 5.10 Å². The van der Waals surface area contributed by atoms with Crippen LogP contribution in [0.15, 0.2) is 24.3 Å². The number of rotatable bonds is 3. The fourth-order valence-electron chi connectivity index (χ4n) is 5.24. The second-order valence-electron chi connectivity index (χ2n) is 8.76. The van der Waals surface area contributed by atoms with E-state index < -0.39 is 0 Å². The Morgan fingerprint density at radius 1 is 1.03 bits per heavy atom. The molecule has 2 aliphatic heterocycles. The summed E-state index contributed by atoms with van der Waals surface area (Å²) >= 11 is 0. The van der Waals surface area contributed by atoms with Crippen molar-refractivity contribution < 1.29 is 9.53 Å². The molecule has 5 rings (SSSR count). The summed E-state index contributed by atoms with van der Waals surface area (Å²) in [4.78, 5) is 20.3. The van der Waals surface area contributed by atoms with E-state index in [-0.39, 0.29) is 17.7 Å². The number of nitrogens with zero attached hydrogens (tertiary/aromatic N) is 3. The molecule has 1 amide bonds. The Bertz CT molecular complexity index is 858. The third-order valence-electron chi connectivity index (χ3n) is 6.87. The summed E-state index contributed by atoms with van der Waals surface area (Å²) in [5.74, 6) is 3.72. The zero-order chi connectivity index (χ0) is 19.6. The Balaban J connectivity index is 1.29. The Morgan fingerprint density at radius 2 is 1.86 bits per heavy atom. The van der Waals surface area contributed by atoms with Crippen LogP contribution >= 0.6 is 0 Å². The topological polar surface area (TPSA) is 71.1 Å². The highest BCUT2D eigenvalue weighted by molar-refractivity contribution is 5.85. The number of aromatic nitrogens is 3. The molecule has 1 aromatic carbocycles. The first-order chi connectivity index (χ1) is 14.3. The maximum absolute atomic E-state index is 13.4. The van der Waals surface area contributed by atoms with Crippen LogP contribution in [-0.2, 0) is 4.79 Å². The van der Waals surface area contributed by atoms with Gasteiger partial charge in [-0.25, -0.2) is 4.98 Å². The number of aromatic amines is 1. The Kier molecular flexibility index (Phi) is 5.25. The van der Waals surface area contributed by atoms with Gasteiger partial charge in [-0.05, 0) is 38.2 Å². The van der Waals surface area contributed by atoms with Crippen molar-refractivity contribution in [3.63, 3.8) is 0 Å². The fourth-order valence-corrected chi connectivity index (χ4v) is 5.24. The molecule has 2 unspecified atom stereocenters. The minimum absolute atomic E-state index is 0.0938. The van der Waals surface area contributed by atoms with E-state index in [1.165, 1.54) is 32.1 Å². The van der Waals surface area contributed by atoms with Gasteiger partial charge in [0.2, 0.25) is 5.91 Å². The first kappa shape index (κ1) is 18.6. The highest BCUT2D eigenvalue weighted by atomic mass is 16.5. The highest BCUT2D eigenvalue weighted by Gasteiger charge is 2.34. The van der Waals surface area contributed by atoms with Crippen LogP contribution in [0.5, 0.6) is 5.75 Å². The van der Waals surface area contributed by atoms with Crippen molar-refractivity contribution in [1.82, 2.24) is 20.1 Å². The van der Waals surface area contributed by atoms with Gasteiger partial charge in [0.05, 0.1) is 12.5 Å². The average molecular weight is 395 g/mol. The number of amides is 1. The number of fused-ring (bicyclic) bond motifs is 1. The number of hydrogen-bond donors (Lipinski definition) is 1. The molecule has 154 valence electrons. The summed E-state index contributed by atoms with van der Waals surface area (Å²) in [6.45, 7) is 2.16. The summed E-state index contributed by atoms with van der Waals surface area (Å²) in [5.41, 5.74) is 1.03. The zero-order valence-electron chi connectivity index (χ0n) is 17.0. The van der Waals surface area contributed by atoms with Crippen molar-refractivity contribution in [3.8, 4) is 5.75 Å². The van der Waals surface area contributed by atoms with E-state index in [0.29, 0.717) is 12.5 Å². The molecule has 2 fully saturated rings. The van der Waals surface area contributed by atoms with Crippen molar-refractivity contribution in [1.29, 1.82) is 0 Å². The summed E-state index contributed by atoms with van der Waals surface area (Å²) in [7, 11) is 0. The van der Waals surface area contributed by atoms with Crippen LogP contribution in [0.2, 0.25) is 0 Å². The molecule has 0 bridgehead atoms. The molecule has 6 nitrogen and oxygen atoms in total. The third kappa shape index (κ3) is 3.77. The lowest BCUT2D eigenvalue weighted by Gasteiger charge is -2.35. The van der Waals surface area contributed by atoms with Crippen LogP contribution in [0.1, 0.15) is 86.3 Å². The van der Waals surface area contributed by atoms with Crippen molar-refractivity contribution >= 4 is 5.91 Å². The van der Waals surface area contributed by atoms with Gasteiger partial charge in [0.1, 0.15) is 11.6 Å². The van der Waals surface area contributed by atoms with Gasteiger partial charge in [0.25, 0.3) is 0 Å². The average Bonchev–Trinajstić information content (AvgIpc) is 3.29. The number of piperidine rings is 1. The number of carbonyl (C=O) groups excluding carboxylic acids is 1. The molecular formula is C23H30N4O2. The molecule has 1 saturated heterocycles. The lowest BCUT2D eigenvalue weighted by atomic mass is 9.88. The van der Waals surface area contributed by atoms with E-state index >= 15 is 0 Å². The third-order valence-corrected chi connectivity index (χ3v) is 6.87. The molecule has 29 heavy (non-hydrogen) atoms. The van der Waals surface area contributed by atoms with Crippen LogP contribution in [0.25, 0.3) is 0 Å². The van der Waals surface area contributed by atoms with Crippen molar-refractivity contribution in [2.75, 3.05) is 19.7 Å². The van der Waals surface area contributed by atoms with Crippen LogP contribution < -0.4 is 4.74 Å². The Hall–Kier alpha value is -2.37. The summed E-state index contributed by atoms with van der Waals surface area (Å²) in [6.07, 6.45) is 9.17. The van der Waals surface area contributed by atoms with E-state index in [9.17, 15) is 4.79 Å². The van der Waals surface area contributed by atoms with Crippen LogP contribution in [0.3, 0.4) is 0 Å². The molecule has 3 aliphatic rings. The van der Waals surface area contributed by atoms with Crippen molar-refractivity contribution in [3.05, 3.63) is 41.5 Å². The monoisotopic (exact) mass is 394 g/mol. The maximum Gasteiger partial charge on any atom is 0.230 e. The first-order valence-electron chi connectivity index (χ1n) is 11.2. The second-order valence-corrected chi connectivity index (χ2v) is 8.76. The van der Waals surface area contributed by atoms with Gasteiger partial charge < -0.3 is 9.64 Å². The number of nitrogens with one attached hydrogen (secondary N) is 1. The molecule has 1 N–H and O–H groups in total. The lowest BCUT2D eigenvalue weighted by molar-refractivity contribution is -0.134. The van der Waals surface area contributed by atoms with Gasteiger partial charge in [-0.15, -0.1) is 0 Å². The standard InChI is InChI=1S/C23H30N4O2/c28-23(19-12-14-29-20-11-5-4-10-18(19)20)27-13-6-9-17(15-27)22-24-21(25-26-22)16-7-2-1-3-8-16/h4-5,10-11,16-17,19H,1-3,6-9,12-15H2,(H,24,25,26). The molecule has 0 spiro atoms. The van der Waals surface area contributed by atoms with Crippen LogP contribution in [0.4, 0.5) is 0 Å². The van der Waals surface area contributed by atoms with Gasteiger partial charge in [0.15, 0.2) is 5.82 Å². The molecule has 2 aromatic rings. The van der Waals surface area contributed by atoms with E-state index in [1.807, 2.05) is 29.2 Å². The van der Waals surface area contributed by atoms with E-state index in [1.54, 1.807) is 0 Å². The van der Waals surface area contributed by atoms with E-state index in [4.69, 9.17) is 9.72 Å². The molecule has 1 saturated carbocycles. The first-order valence-corrected chi connectivity index (χ1v) is 11.2. The van der Waals surface area contributed by atoms with Gasteiger partial charge in [-0.3, -0.25) is 9.89 Å². The smallest absolute Gasteiger partial charge is 0.230 e. The number of para-hydroxylation sites is 1. The largest absolute Gasteiger partial charge is 0.493 e. The molecule has 0 radical (unpaired) electrons. The van der Waals surface area contributed by atoms with E-state index in [2.05, 4.69) is 10.2 Å². The number of carbonyl (C=O) groups is 1. The summed E-state index contributed by atoms with van der Waals surface area (Å²) < 4.78 is 5.75. The van der Waals surface area contributed by atoms with Gasteiger partial charge in [0, 0.05) is 30.5 Å². The number of benzene rings is 1. The molecule has 3 heterocycles. The Morgan fingerprint density at radius 3 is 2.76 bits per heavy atom. The molecular weight excluding hydrogens is 364 g/mol. The number of ether oxygens (including phenoxy) is 1. The van der Waals surface area contributed by atoms with Crippen LogP contribution in [-0.4, -0.2) is 45.7 Å². The summed E-state index contributed by atoms with van der Waals surface area (Å²) in [6, 6.07) is 7.96. The van der Waals surface area contributed by atoms with Gasteiger partial charge >= 0.3 is 0 Å². The predicted octanol–water partition coefficient (Wildman–Crippen LogP) is 4.12.